The number of aliphatic hydroxyl groups excluding tert-OH is 4. The molecule has 6 nitrogen and oxygen atoms in total. The van der Waals surface area contributed by atoms with Gasteiger partial charge in [0.25, 0.3) is 0 Å². The van der Waals surface area contributed by atoms with Crippen LogP contribution in [0.15, 0.2) is 4.99 Å². The largest absolute Gasteiger partial charge is 0.391 e. The second kappa shape index (κ2) is 6.86. The van der Waals surface area contributed by atoms with Crippen molar-refractivity contribution in [3.8, 4) is 0 Å². The van der Waals surface area contributed by atoms with Crippen LogP contribution in [0.1, 0.15) is 6.92 Å². The molecule has 0 radical (unpaired) electrons. The van der Waals surface area contributed by atoms with Gasteiger partial charge in [-0.1, -0.05) is 0 Å². The van der Waals surface area contributed by atoms with Crippen LogP contribution in [0.25, 0.3) is 0 Å². The van der Waals surface area contributed by atoms with Crippen LogP contribution < -0.4 is 5.73 Å². The Balaban J connectivity index is 4.03. The first-order valence-electron chi connectivity index (χ1n) is 4.43. The van der Waals surface area contributed by atoms with Crippen LogP contribution >= 0.6 is 0 Å². The first kappa shape index (κ1) is 13.5. The lowest BCUT2D eigenvalue weighted by atomic mass is 10.1. The van der Waals surface area contributed by atoms with Gasteiger partial charge in [-0.25, -0.2) is 0 Å². The Kier molecular flexibility index (Phi) is 6.60. The molecular weight excluding hydrogens is 188 g/mol. The SMILES string of the molecule is CC(O)C(O)C(O)C(O)C=NCCN. The topological polar surface area (TPSA) is 119 Å². The average Bonchev–Trinajstić information content (AvgIpc) is 2.15. The average molecular weight is 206 g/mol. The van der Waals surface area contributed by atoms with Gasteiger partial charge in [0.2, 0.25) is 0 Å². The lowest BCUT2D eigenvalue weighted by molar-refractivity contribution is -0.0821. The minimum absolute atomic E-state index is 0.342. The van der Waals surface area contributed by atoms with E-state index in [0.29, 0.717) is 13.1 Å². The minimum Gasteiger partial charge on any atom is -0.391 e. The zero-order valence-electron chi connectivity index (χ0n) is 8.11. The van der Waals surface area contributed by atoms with Gasteiger partial charge < -0.3 is 26.2 Å². The molecule has 0 aliphatic carbocycles. The van der Waals surface area contributed by atoms with Crippen LogP contribution in [0.3, 0.4) is 0 Å². The fourth-order valence-corrected chi connectivity index (χ4v) is 0.833. The van der Waals surface area contributed by atoms with Crippen molar-refractivity contribution in [2.45, 2.75) is 31.3 Å². The molecule has 0 fully saturated rings. The maximum Gasteiger partial charge on any atom is 0.117 e. The van der Waals surface area contributed by atoms with Crippen LogP contribution in [-0.4, -0.2) is 64.1 Å². The summed E-state index contributed by atoms with van der Waals surface area (Å²) in [4.78, 5) is 3.70. The number of hydrogen-bond acceptors (Lipinski definition) is 6. The van der Waals surface area contributed by atoms with Crippen molar-refractivity contribution in [2.75, 3.05) is 13.1 Å². The smallest absolute Gasteiger partial charge is 0.117 e. The lowest BCUT2D eigenvalue weighted by Crippen LogP contribution is -2.44. The number of aliphatic imine (C=N–C) groups is 1. The molecule has 0 aromatic heterocycles. The van der Waals surface area contributed by atoms with Crippen molar-refractivity contribution in [3.63, 3.8) is 0 Å². The van der Waals surface area contributed by atoms with Gasteiger partial charge in [0.05, 0.1) is 12.6 Å². The van der Waals surface area contributed by atoms with E-state index in [1.807, 2.05) is 0 Å². The van der Waals surface area contributed by atoms with E-state index in [1.165, 1.54) is 6.92 Å². The maximum absolute atomic E-state index is 9.27. The standard InChI is InChI=1S/C8H18N2O4/c1-5(11)7(13)8(14)6(12)4-10-3-2-9/h4-8,11-14H,2-3,9H2,1H3. The lowest BCUT2D eigenvalue weighted by Gasteiger charge is -2.22. The van der Waals surface area contributed by atoms with Crippen molar-refractivity contribution in [1.82, 2.24) is 0 Å². The van der Waals surface area contributed by atoms with Crippen LogP contribution in [-0.2, 0) is 0 Å². The van der Waals surface area contributed by atoms with Crippen LogP contribution in [0.2, 0.25) is 0 Å². The third-order valence-electron chi connectivity index (χ3n) is 1.71. The molecular formula is C8H18N2O4. The number of hydrogen-bond donors (Lipinski definition) is 5. The molecule has 0 aromatic carbocycles. The normalized spacial score (nSPS) is 20.7. The highest BCUT2D eigenvalue weighted by molar-refractivity contribution is 5.63. The second-order valence-electron chi connectivity index (χ2n) is 3.06. The third-order valence-corrected chi connectivity index (χ3v) is 1.71. The van der Waals surface area contributed by atoms with Crippen molar-refractivity contribution < 1.29 is 20.4 Å². The monoisotopic (exact) mass is 206 g/mol. The quantitative estimate of drug-likeness (QED) is 0.307. The van der Waals surface area contributed by atoms with Crippen LogP contribution in [0.4, 0.5) is 0 Å². The Labute approximate surface area is 82.7 Å². The zero-order valence-corrected chi connectivity index (χ0v) is 8.11. The van der Waals surface area contributed by atoms with Gasteiger partial charge in [-0.05, 0) is 6.92 Å². The van der Waals surface area contributed by atoms with Crippen molar-refractivity contribution in [3.05, 3.63) is 0 Å². The Morgan fingerprint density at radius 2 is 1.79 bits per heavy atom. The van der Waals surface area contributed by atoms with E-state index >= 15 is 0 Å². The summed E-state index contributed by atoms with van der Waals surface area (Å²) in [5.41, 5.74) is 5.15. The molecule has 4 atom stereocenters. The fourth-order valence-electron chi connectivity index (χ4n) is 0.833. The number of rotatable bonds is 6. The molecule has 4 unspecified atom stereocenters. The molecule has 0 aliphatic rings. The summed E-state index contributed by atoms with van der Waals surface area (Å²) in [5, 5.41) is 36.6. The molecule has 6 heteroatoms. The van der Waals surface area contributed by atoms with Gasteiger partial charge in [0, 0.05) is 12.8 Å². The van der Waals surface area contributed by atoms with Crippen molar-refractivity contribution in [2.24, 2.45) is 10.7 Å². The zero-order chi connectivity index (χ0) is 11.1. The third kappa shape index (κ3) is 4.64. The van der Waals surface area contributed by atoms with E-state index in [1.54, 1.807) is 0 Å². The van der Waals surface area contributed by atoms with E-state index in [2.05, 4.69) is 4.99 Å². The van der Waals surface area contributed by atoms with E-state index in [-0.39, 0.29) is 0 Å². The predicted molar refractivity (Wildman–Crippen MR) is 52.1 cm³/mol. The summed E-state index contributed by atoms with van der Waals surface area (Å²) in [7, 11) is 0. The summed E-state index contributed by atoms with van der Waals surface area (Å²) in [6, 6.07) is 0. The molecule has 0 saturated heterocycles. The van der Waals surface area contributed by atoms with Crippen molar-refractivity contribution >= 4 is 6.21 Å². The van der Waals surface area contributed by atoms with E-state index in [0.717, 1.165) is 6.21 Å². The maximum atomic E-state index is 9.27. The molecule has 0 aromatic rings. The number of nitrogens with zero attached hydrogens (tertiary/aromatic N) is 1. The van der Waals surface area contributed by atoms with Crippen LogP contribution in [0, 0.1) is 0 Å². The van der Waals surface area contributed by atoms with Crippen LogP contribution in [0.5, 0.6) is 0 Å². The predicted octanol–water partition coefficient (Wildman–Crippen LogP) is -2.52. The Bertz CT molecular complexity index is 175. The summed E-state index contributed by atoms with van der Waals surface area (Å²) in [6.07, 6.45) is -4.15. The summed E-state index contributed by atoms with van der Waals surface area (Å²) in [5.74, 6) is 0. The van der Waals surface area contributed by atoms with Gasteiger partial charge in [-0.2, -0.15) is 0 Å². The van der Waals surface area contributed by atoms with E-state index < -0.39 is 24.4 Å². The molecule has 0 amide bonds. The second-order valence-corrected chi connectivity index (χ2v) is 3.06. The van der Waals surface area contributed by atoms with Gasteiger partial charge in [-0.15, -0.1) is 0 Å². The Morgan fingerprint density at radius 3 is 2.21 bits per heavy atom. The number of aliphatic hydroxyl groups is 4. The van der Waals surface area contributed by atoms with Gasteiger partial charge in [0.1, 0.15) is 18.3 Å². The molecule has 84 valence electrons. The van der Waals surface area contributed by atoms with Gasteiger partial charge in [0.15, 0.2) is 0 Å². The summed E-state index contributed by atoms with van der Waals surface area (Å²) < 4.78 is 0. The molecule has 14 heavy (non-hydrogen) atoms. The molecule has 6 N–H and O–H groups in total. The molecule has 0 aliphatic heterocycles. The van der Waals surface area contributed by atoms with Gasteiger partial charge >= 0.3 is 0 Å². The fraction of sp³-hybridized carbons (Fsp3) is 0.875. The highest BCUT2D eigenvalue weighted by atomic mass is 16.4. The summed E-state index contributed by atoms with van der Waals surface area (Å²) >= 11 is 0. The van der Waals surface area contributed by atoms with E-state index in [9.17, 15) is 15.3 Å². The molecule has 0 rings (SSSR count). The minimum atomic E-state index is -1.45. The van der Waals surface area contributed by atoms with Gasteiger partial charge in [-0.3, -0.25) is 4.99 Å². The first-order valence-corrected chi connectivity index (χ1v) is 4.43. The summed E-state index contributed by atoms with van der Waals surface area (Å²) in [6.45, 7) is 2.00. The Morgan fingerprint density at radius 1 is 1.21 bits per heavy atom. The molecule has 0 spiro atoms. The molecule has 0 saturated carbocycles. The highest BCUT2D eigenvalue weighted by Gasteiger charge is 2.26. The number of nitrogens with two attached hydrogens (primary N) is 1. The van der Waals surface area contributed by atoms with E-state index in [4.69, 9.17) is 10.8 Å². The molecule has 0 bridgehead atoms. The molecule has 0 heterocycles. The Hall–Kier alpha value is -0.530. The first-order chi connectivity index (χ1) is 6.50. The van der Waals surface area contributed by atoms with Crippen molar-refractivity contribution in [1.29, 1.82) is 0 Å². The highest BCUT2D eigenvalue weighted by Crippen LogP contribution is 2.03.